The Morgan fingerprint density at radius 1 is 1.00 bits per heavy atom. The summed E-state index contributed by atoms with van der Waals surface area (Å²) < 4.78 is 86.3. The van der Waals surface area contributed by atoms with Crippen molar-refractivity contribution in [3.8, 4) is 11.6 Å². The minimum absolute atomic E-state index is 0.0138. The van der Waals surface area contributed by atoms with Gasteiger partial charge in [0.1, 0.15) is 11.3 Å². The third-order valence-corrected chi connectivity index (χ3v) is 7.61. The third kappa shape index (κ3) is 7.05. The average molecular weight is 666 g/mol. The fourth-order valence-electron chi connectivity index (χ4n) is 4.50. The molecule has 0 saturated carbocycles. The fourth-order valence-corrected chi connectivity index (χ4v) is 4.79. The van der Waals surface area contributed by atoms with Gasteiger partial charge in [-0.3, -0.25) is 9.59 Å². The van der Waals surface area contributed by atoms with Crippen molar-refractivity contribution in [1.82, 2.24) is 15.2 Å². The molecule has 44 heavy (non-hydrogen) atoms. The van der Waals surface area contributed by atoms with E-state index in [0.717, 1.165) is 6.07 Å². The smallest absolute Gasteiger partial charge is 0.430 e. The van der Waals surface area contributed by atoms with Crippen LogP contribution in [0.4, 0.5) is 26.3 Å². The topological polar surface area (TPSA) is 91.8 Å². The molecule has 0 saturated heterocycles. The molecule has 3 aromatic rings. The number of alkyl halides is 6. The van der Waals surface area contributed by atoms with Crippen LogP contribution in [0.15, 0.2) is 54.7 Å². The van der Waals surface area contributed by atoms with Gasteiger partial charge in [-0.25, -0.2) is 4.98 Å². The molecule has 0 radical (unpaired) electrons. The van der Waals surface area contributed by atoms with Crippen LogP contribution in [-0.4, -0.2) is 46.7 Å². The molecular weight excluding hydrogens is 639 g/mol. The van der Waals surface area contributed by atoms with E-state index in [1.807, 2.05) is 0 Å². The lowest BCUT2D eigenvalue weighted by Crippen LogP contribution is -2.53. The predicted molar refractivity (Wildman–Crippen MR) is 150 cm³/mol. The Morgan fingerprint density at radius 3 is 2.20 bits per heavy atom. The Bertz CT molecular complexity index is 1510. The van der Waals surface area contributed by atoms with Gasteiger partial charge in [0.2, 0.25) is 12.3 Å². The molecule has 2 amide bonds. The number of pyridine rings is 1. The molecule has 1 heterocycles. The highest BCUT2D eigenvalue weighted by atomic mass is 35.5. The van der Waals surface area contributed by atoms with Crippen molar-refractivity contribution >= 4 is 35.5 Å². The minimum Gasteiger partial charge on any atom is -0.439 e. The van der Waals surface area contributed by atoms with Crippen LogP contribution in [0.1, 0.15) is 42.5 Å². The summed E-state index contributed by atoms with van der Waals surface area (Å²) in [6.45, 7) is 3.13. The number of amides is 2. The van der Waals surface area contributed by atoms with Crippen molar-refractivity contribution in [2.24, 2.45) is 0 Å². The summed E-state index contributed by atoms with van der Waals surface area (Å²) in [7, 11) is 1.48. The number of aromatic nitrogens is 1. The molecule has 1 unspecified atom stereocenters. The summed E-state index contributed by atoms with van der Waals surface area (Å²) in [5.74, 6) is -0.655. The lowest BCUT2D eigenvalue weighted by molar-refractivity contribution is -0.376. The van der Waals surface area contributed by atoms with Crippen molar-refractivity contribution < 1.29 is 45.8 Å². The Kier molecular flexibility index (Phi) is 10.5. The Labute approximate surface area is 258 Å². The van der Waals surface area contributed by atoms with Gasteiger partial charge >= 0.3 is 12.4 Å². The molecule has 0 spiro atoms. The van der Waals surface area contributed by atoms with Gasteiger partial charge in [-0.1, -0.05) is 48.7 Å². The highest BCUT2D eigenvalue weighted by Gasteiger charge is 2.71. The maximum Gasteiger partial charge on any atom is 0.430 e. The summed E-state index contributed by atoms with van der Waals surface area (Å²) in [5.41, 5.74) is -7.17. The van der Waals surface area contributed by atoms with Crippen LogP contribution < -0.4 is 10.1 Å². The van der Waals surface area contributed by atoms with E-state index in [1.165, 1.54) is 49.3 Å². The first-order valence-electron chi connectivity index (χ1n) is 12.9. The number of carbonyl (C=O) groups excluding carboxylic acids is 2. The number of hydrogen-bond donors (Lipinski definition) is 2. The second-order valence-corrected chi connectivity index (χ2v) is 10.9. The van der Waals surface area contributed by atoms with E-state index in [4.69, 9.17) is 27.9 Å². The number of rotatable bonds is 11. The number of nitrogens with one attached hydrogen (secondary N) is 1. The number of ether oxygens (including phenoxy) is 1. The van der Waals surface area contributed by atoms with Crippen LogP contribution in [0.25, 0.3) is 0 Å². The van der Waals surface area contributed by atoms with Gasteiger partial charge in [-0.05, 0) is 60.4 Å². The number of likely N-dealkylation sites (N-methyl/N-ethyl adjacent to an activating group) is 1. The lowest BCUT2D eigenvalue weighted by atomic mass is 9.90. The van der Waals surface area contributed by atoms with Gasteiger partial charge < -0.3 is 20.1 Å². The molecule has 2 N–H and O–H groups in total. The summed E-state index contributed by atoms with van der Waals surface area (Å²) in [6.07, 6.45) is -9.99. The number of halogens is 8. The van der Waals surface area contributed by atoms with Crippen LogP contribution >= 0.6 is 23.2 Å². The molecule has 0 aliphatic rings. The molecule has 0 aliphatic heterocycles. The van der Waals surface area contributed by atoms with Crippen molar-refractivity contribution in [2.45, 2.75) is 56.7 Å². The maximum absolute atomic E-state index is 13.5. The summed E-state index contributed by atoms with van der Waals surface area (Å²) in [6, 6.07) is 9.47. The Balaban J connectivity index is 1.90. The van der Waals surface area contributed by atoms with Gasteiger partial charge in [-0.15, -0.1) is 0 Å². The molecule has 238 valence electrons. The van der Waals surface area contributed by atoms with E-state index >= 15 is 0 Å². The zero-order valence-corrected chi connectivity index (χ0v) is 25.0. The first kappa shape index (κ1) is 34.9. The minimum atomic E-state index is -6.03. The Morgan fingerprint density at radius 2 is 1.64 bits per heavy atom. The fraction of sp³-hybridized carbons (Fsp3) is 0.345. The van der Waals surface area contributed by atoms with Crippen molar-refractivity contribution in [3.63, 3.8) is 0 Å². The van der Waals surface area contributed by atoms with E-state index in [0.29, 0.717) is 36.1 Å². The highest BCUT2D eigenvalue weighted by Crippen LogP contribution is 2.50. The van der Waals surface area contributed by atoms with E-state index in [9.17, 15) is 41.0 Å². The van der Waals surface area contributed by atoms with Gasteiger partial charge in [-0.2, -0.15) is 26.3 Å². The second-order valence-electron chi connectivity index (χ2n) is 10.1. The van der Waals surface area contributed by atoms with E-state index < -0.39 is 35.0 Å². The quantitative estimate of drug-likeness (QED) is 0.169. The van der Waals surface area contributed by atoms with Gasteiger partial charge in [0.25, 0.3) is 11.5 Å². The van der Waals surface area contributed by atoms with Crippen molar-refractivity contribution in [1.29, 1.82) is 0 Å². The number of carbonyl (C=O) groups is 2. The molecule has 3 rings (SSSR count). The van der Waals surface area contributed by atoms with Crippen molar-refractivity contribution in [3.05, 3.63) is 87.0 Å². The molecule has 0 bridgehead atoms. The first-order chi connectivity index (χ1) is 20.4. The van der Waals surface area contributed by atoms with E-state index in [1.54, 1.807) is 13.0 Å². The molecule has 2 aromatic carbocycles. The van der Waals surface area contributed by atoms with E-state index in [2.05, 4.69) is 10.3 Å². The van der Waals surface area contributed by atoms with E-state index in [-0.39, 0.29) is 40.2 Å². The summed E-state index contributed by atoms with van der Waals surface area (Å²) >= 11 is 12.1. The third-order valence-electron chi connectivity index (χ3n) is 6.87. The molecule has 1 aromatic heterocycles. The average Bonchev–Trinajstić information content (AvgIpc) is 2.93. The Hall–Kier alpha value is -3.55. The maximum atomic E-state index is 13.5. The van der Waals surface area contributed by atoms with Crippen LogP contribution in [-0.2, 0) is 33.7 Å². The molecule has 7 nitrogen and oxygen atoms in total. The zero-order chi connectivity index (χ0) is 33.1. The van der Waals surface area contributed by atoms with Crippen LogP contribution in [0.5, 0.6) is 11.6 Å². The number of benzene rings is 2. The second kappa shape index (κ2) is 13.2. The number of aryl methyl sites for hydroxylation is 1. The largest absolute Gasteiger partial charge is 0.439 e. The zero-order valence-electron chi connectivity index (χ0n) is 23.5. The summed E-state index contributed by atoms with van der Waals surface area (Å²) in [4.78, 5) is 30.3. The number of hydrogen-bond acceptors (Lipinski definition) is 5. The molecule has 15 heteroatoms. The molecule has 0 aliphatic carbocycles. The first-order valence-corrected chi connectivity index (χ1v) is 13.7. The van der Waals surface area contributed by atoms with Crippen LogP contribution in [0.3, 0.4) is 0 Å². The summed E-state index contributed by atoms with van der Waals surface area (Å²) in [5, 5.41) is 12.8. The van der Waals surface area contributed by atoms with Crippen LogP contribution in [0.2, 0.25) is 10.0 Å². The predicted octanol–water partition coefficient (Wildman–Crippen LogP) is 7.07. The lowest BCUT2D eigenvalue weighted by Gasteiger charge is -2.33. The number of aliphatic hydroxyl groups is 1. The number of nitrogens with zero attached hydrogens (tertiary/aromatic N) is 2. The monoisotopic (exact) mass is 665 g/mol. The molecule has 1 atom stereocenters. The van der Waals surface area contributed by atoms with Crippen LogP contribution in [0, 0.1) is 0 Å². The normalized spacial score (nSPS) is 13.6. The van der Waals surface area contributed by atoms with Crippen molar-refractivity contribution in [2.75, 3.05) is 7.05 Å². The van der Waals surface area contributed by atoms with Gasteiger partial charge in [0.15, 0.2) is 0 Å². The SMILES string of the molecule is CCCc1cc(C(O)(C(F)(F)F)C(F)(F)F)ccc1Oc1cc(CN(C)C(=O)C(C)(NC=O)c2ccc(Cl)c(Cl)c2)ccn1. The highest BCUT2D eigenvalue weighted by molar-refractivity contribution is 6.42. The van der Waals surface area contributed by atoms with Gasteiger partial charge in [0, 0.05) is 31.4 Å². The molecule has 0 fully saturated rings. The van der Waals surface area contributed by atoms with Gasteiger partial charge in [0.05, 0.1) is 10.0 Å². The standard InChI is InChI=1S/C29H27Cl2F6N3O4/c1-4-5-18-13-20(27(43,28(32,33)34)29(35,36)37)7-9-23(18)44-24-12-17(10-11-38-24)15-40(3)25(42)26(2,39-16-41)19-6-8-21(30)22(31)14-19/h6-14,16,43H,4-5,15H2,1-3H3,(H,39,41). The molecular formula is C29H27Cl2F6N3O4.